The predicted octanol–water partition coefficient (Wildman–Crippen LogP) is 2.33. The molecule has 0 aliphatic carbocycles. The average molecular weight is 364 g/mol. The van der Waals surface area contributed by atoms with Crippen LogP contribution in [0.15, 0.2) is 38.0 Å². The van der Waals surface area contributed by atoms with Gasteiger partial charge in [0.25, 0.3) is 15.0 Å². The minimum Gasteiger partial charge on any atom is -0.463 e. The van der Waals surface area contributed by atoms with E-state index in [1.165, 1.54) is 13.2 Å². The summed E-state index contributed by atoms with van der Waals surface area (Å²) in [6, 6.07) is 5.19. The van der Waals surface area contributed by atoms with Gasteiger partial charge in [0.05, 0.1) is 10.9 Å². The molecule has 2 aromatic heterocycles. The Morgan fingerprint density at radius 2 is 2.04 bits per heavy atom. The smallest absolute Gasteiger partial charge is 0.268 e. The first kappa shape index (κ1) is 16.5. The lowest BCUT2D eigenvalue weighted by Gasteiger charge is -2.00. The van der Waals surface area contributed by atoms with Crippen LogP contribution in [0.4, 0.5) is 0 Å². The molecule has 0 aliphatic rings. The summed E-state index contributed by atoms with van der Waals surface area (Å²) >= 11 is 0.673. The highest BCUT2D eigenvalue weighted by atomic mass is 32.2. The van der Waals surface area contributed by atoms with E-state index in [9.17, 15) is 18.0 Å². The molecule has 0 unspecified atom stereocenters. The summed E-state index contributed by atoms with van der Waals surface area (Å²) < 4.78 is 29.0. The Hall–Kier alpha value is -2.39. The van der Waals surface area contributed by atoms with Gasteiger partial charge in [-0.05, 0) is 19.1 Å². The summed E-state index contributed by atoms with van der Waals surface area (Å²) in [6.07, 6.45) is 1.06. The highest BCUT2D eigenvalue weighted by Gasteiger charge is 2.28. The van der Waals surface area contributed by atoms with Gasteiger partial charge in [-0.25, -0.2) is 8.42 Å². The van der Waals surface area contributed by atoms with Crippen LogP contribution in [0.3, 0.4) is 0 Å². The third kappa shape index (κ3) is 2.65. The van der Waals surface area contributed by atoms with Crippen LogP contribution in [0.2, 0.25) is 0 Å². The van der Waals surface area contributed by atoms with Gasteiger partial charge in [-0.2, -0.15) is 0 Å². The first-order valence-corrected chi connectivity index (χ1v) is 9.28. The van der Waals surface area contributed by atoms with Gasteiger partial charge in [0.1, 0.15) is 11.8 Å². The molecule has 0 fully saturated rings. The van der Waals surface area contributed by atoms with Gasteiger partial charge in [0.2, 0.25) is 9.77 Å². The number of aryl methyl sites for hydroxylation is 1. The number of hydrogen-bond acceptors (Lipinski definition) is 8. The molecule has 0 radical (unpaired) electrons. The fourth-order valence-corrected chi connectivity index (χ4v) is 4.36. The highest BCUT2D eigenvalue weighted by molar-refractivity contribution is 8.07. The lowest BCUT2D eigenvalue weighted by atomic mass is 10.1. The Balaban J connectivity index is 2.15. The molecule has 0 amide bonds. The lowest BCUT2D eigenvalue weighted by molar-refractivity contribution is -0.111. The van der Waals surface area contributed by atoms with Gasteiger partial charge in [-0.15, -0.1) is 10.2 Å². The first-order valence-electron chi connectivity index (χ1n) is 6.98. The van der Waals surface area contributed by atoms with E-state index in [-0.39, 0.29) is 22.4 Å². The van der Waals surface area contributed by atoms with Crippen LogP contribution in [0.5, 0.6) is 0 Å². The number of rotatable bonds is 3. The van der Waals surface area contributed by atoms with Crippen molar-refractivity contribution in [1.82, 2.24) is 10.2 Å². The molecule has 0 aliphatic heterocycles. The fourth-order valence-electron chi connectivity index (χ4n) is 2.11. The Bertz CT molecular complexity index is 1110. The largest absolute Gasteiger partial charge is 0.463 e. The maximum Gasteiger partial charge on any atom is 0.268 e. The van der Waals surface area contributed by atoms with Gasteiger partial charge in [0.15, 0.2) is 5.01 Å². The van der Waals surface area contributed by atoms with Crippen LogP contribution >= 0.6 is 11.3 Å². The molecule has 3 rings (SSSR count). The van der Waals surface area contributed by atoms with Crippen LogP contribution < -0.4 is 5.43 Å². The second-order valence-electron chi connectivity index (χ2n) is 5.08. The Morgan fingerprint density at radius 1 is 1.29 bits per heavy atom. The summed E-state index contributed by atoms with van der Waals surface area (Å²) in [7, 11) is -4.16. The summed E-state index contributed by atoms with van der Waals surface area (Å²) in [5.74, 6) is 0. The molecule has 0 N–H and O–H groups in total. The van der Waals surface area contributed by atoms with Crippen LogP contribution in [-0.2, 0) is 14.6 Å². The fraction of sp³-hybridized carbons (Fsp3) is 0.200. The van der Waals surface area contributed by atoms with E-state index in [1.807, 2.05) is 13.0 Å². The molecule has 0 bridgehead atoms. The normalized spacial score (nSPS) is 11.8. The number of aromatic nitrogens is 2. The van der Waals surface area contributed by atoms with E-state index in [1.54, 1.807) is 12.1 Å². The van der Waals surface area contributed by atoms with Crippen molar-refractivity contribution >= 4 is 37.3 Å². The molecule has 124 valence electrons. The predicted molar refractivity (Wildman–Crippen MR) is 88.6 cm³/mol. The van der Waals surface area contributed by atoms with Crippen molar-refractivity contribution in [2.24, 2.45) is 0 Å². The summed E-state index contributed by atoms with van der Waals surface area (Å²) in [5, 5.41) is 6.81. The summed E-state index contributed by atoms with van der Waals surface area (Å²) in [4.78, 5) is 24.1. The molecular formula is C15H12N2O5S2. The van der Waals surface area contributed by atoms with Gasteiger partial charge in [0, 0.05) is 6.42 Å². The number of hydrogen-bond donors (Lipinski definition) is 0. The number of sulfone groups is 1. The zero-order valence-corrected chi connectivity index (χ0v) is 14.4. The van der Waals surface area contributed by atoms with Crippen molar-refractivity contribution in [2.75, 3.05) is 0 Å². The molecule has 2 heterocycles. The molecule has 0 saturated carbocycles. The lowest BCUT2D eigenvalue weighted by Crippen LogP contribution is -2.13. The van der Waals surface area contributed by atoms with Crippen molar-refractivity contribution < 1.29 is 17.6 Å². The third-order valence-corrected chi connectivity index (χ3v) is 6.47. The van der Waals surface area contributed by atoms with Crippen LogP contribution in [0.25, 0.3) is 21.5 Å². The third-order valence-electron chi connectivity index (χ3n) is 3.38. The Morgan fingerprint density at radius 3 is 2.75 bits per heavy atom. The van der Waals surface area contributed by atoms with Crippen LogP contribution in [-0.4, -0.2) is 23.7 Å². The number of carbonyl (C=O) groups is 1. The van der Waals surface area contributed by atoms with Crippen molar-refractivity contribution in [2.45, 2.75) is 24.6 Å². The van der Waals surface area contributed by atoms with Gasteiger partial charge in [-0.1, -0.05) is 29.9 Å². The second kappa shape index (κ2) is 5.91. The maximum atomic E-state index is 12.6. The SMILES string of the molecule is CCC(=O)S(=O)(=O)c1nnc(-c2coc3ccc(C)cc3c2=O)s1. The molecule has 0 atom stereocenters. The number of carbonyl (C=O) groups excluding carboxylic acids is 1. The molecule has 9 heteroatoms. The van der Waals surface area contributed by atoms with Crippen molar-refractivity contribution in [3.8, 4) is 10.6 Å². The second-order valence-corrected chi connectivity index (χ2v) is 8.17. The summed E-state index contributed by atoms with van der Waals surface area (Å²) in [5.41, 5.74) is 1.09. The zero-order valence-electron chi connectivity index (χ0n) is 12.8. The van der Waals surface area contributed by atoms with Crippen LogP contribution in [0.1, 0.15) is 18.9 Å². The quantitative estimate of drug-likeness (QED) is 0.702. The van der Waals surface area contributed by atoms with Gasteiger partial charge < -0.3 is 4.42 Å². The number of benzene rings is 1. The Labute approximate surface area is 140 Å². The van der Waals surface area contributed by atoms with Crippen molar-refractivity contribution in [1.29, 1.82) is 0 Å². The molecule has 24 heavy (non-hydrogen) atoms. The number of nitrogens with zero attached hydrogens (tertiary/aromatic N) is 2. The monoisotopic (exact) mass is 364 g/mol. The molecule has 3 aromatic rings. The average Bonchev–Trinajstić information content (AvgIpc) is 3.05. The summed E-state index contributed by atoms with van der Waals surface area (Å²) in [6.45, 7) is 3.29. The number of fused-ring (bicyclic) bond motifs is 1. The highest BCUT2D eigenvalue weighted by Crippen LogP contribution is 2.26. The van der Waals surface area contributed by atoms with E-state index in [0.29, 0.717) is 22.3 Å². The molecule has 1 aromatic carbocycles. The van der Waals surface area contributed by atoms with E-state index in [4.69, 9.17) is 4.42 Å². The Kier molecular flexibility index (Phi) is 4.06. The van der Waals surface area contributed by atoms with Crippen LogP contribution in [0, 0.1) is 6.92 Å². The molecule has 7 nitrogen and oxygen atoms in total. The molecule has 0 spiro atoms. The maximum absolute atomic E-state index is 12.6. The van der Waals surface area contributed by atoms with Crippen molar-refractivity contribution in [3.05, 3.63) is 40.2 Å². The minimum atomic E-state index is -4.16. The molecular weight excluding hydrogens is 352 g/mol. The van der Waals surface area contributed by atoms with Crippen molar-refractivity contribution in [3.63, 3.8) is 0 Å². The zero-order chi connectivity index (χ0) is 17.5. The first-order chi connectivity index (χ1) is 11.3. The van der Waals surface area contributed by atoms with E-state index in [2.05, 4.69) is 10.2 Å². The van der Waals surface area contributed by atoms with Gasteiger partial charge in [-0.3, -0.25) is 9.59 Å². The molecule has 0 saturated heterocycles. The minimum absolute atomic E-state index is 0.0923. The topological polar surface area (TPSA) is 107 Å². The van der Waals surface area contributed by atoms with E-state index in [0.717, 1.165) is 5.56 Å². The van der Waals surface area contributed by atoms with E-state index >= 15 is 0 Å². The van der Waals surface area contributed by atoms with E-state index < -0.39 is 19.3 Å². The van der Waals surface area contributed by atoms with Gasteiger partial charge >= 0.3 is 0 Å². The standard InChI is InChI=1S/C15H12N2O5S2/c1-3-12(18)24(20,21)15-17-16-14(23-15)10-7-22-11-5-4-8(2)6-9(11)13(10)19/h4-7H,3H2,1-2H3.